The molecule has 0 bridgehead atoms. The first kappa shape index (κ1) is 16.3. The number of hydrogen-bond donors (Lipinski definition) is 2. The number of aliphatic hydroxyl groups is 1. The van der Waals surface area contributed by atoms with E-state index in [1.54, 1.807) is 11.1 Å². The van der Waals surface area contributed by atoms with Gasteiger partial charge in [-0.05, 0) is 41.8 Å². The van der Waals surface area contributed by atoms with Gasteiger partial charge in [0.25, 0.3) is 5.91 Å². The molecule has 0 unspecified atom stereocenters. The third-order valence-corrected chi connectivity index (χ3v) is 4.69. The summed E-state index contributed by atoms with van der Waals surface area (Å²) in [4.78, 5) is 18.9. The van der Waals surface area contributed by atoms with Gasteiger partial charge < -0.3 is 10.0 Å². The molecule has 1 fully saturated rings. The van der Waals surface area contributed by atoms with Gasteiger partial charge in [-0.2, -0.15) is 9.78 Å². The molecule has 2 N–H and O–H groups in total. The molecule has 0 aromatic carbocycles. The molecule has 0 spiro atoms. The largest absolute Gasteiger partial charge is 0.383 e. The number of piperidine rings is 1. The summed E-state index contributed by atoms with van der Waals surface area (Å²) in [6.45, 7) is 2.80. The first-order valence-corrected chi connectivity index (χ1v) is 8.28. The van der Waals surface area contributed by atoms with Gasteiger partial charge in [-0.1, -0.05) is 6.07 Å². The van der Waals surface area contributed by atoms with E-state index in [0.29, 0.717) is 43.0 Å². The van der Waals surface area contributed by atoms with E-state index in [4.69, 9.17) is 0 Å². The van der Waals surface area contributed by atoms with Crippen molar-refractivity contribution in [2.24, 2.45) is 0 Å². The van der Waals surface area contributed by atoms with E-state index >= 15 is 0 Å². The number of pyridine rings is 1. The van der Waals surface area contributed by atoms with Crippen LogP contribution in [-0.2, 0) is 5.60 Å². The third kappa shape index (κ3) is 2.84. The zero-order chi connectivity index (χ0) is 18.1. The number of aromatic nitrogens is 7. The van der Waals surface area contributed by atoms with E-state index in [1.807, 2.05) is 19.1 Å². The fraction of sp³-hybridized carbons (Fsp3) is 0.375. The summed E-state index contributed by atoms with van der Waals surface area (Å²) in [6, 6.07) is 3.78. The van der Waals surface area contributed by atoms with Gasteiger partial charge in [-0.3, -0.25) is 14.9 Å². The lowest BCUT2D eigenvalue weighted by molar-refractivity contribution is -0.0244. The lowest BCUT2D eigenvalue weighted by atomic mass is 9.87. The van der Waals surface area contributed by atoms with Gasteiger partial charge in [0.2, 0.25) is 0 Å². The molecular weight excluding hydrogens is 336 g/mol. The maximum absolute atomic E-state index is 12.9. The molecule has 0 atom stereocenters. The zero-order valence-electron chi connectivity index (χ0n) is 14.2. The van der Waals surface area contributed by atoms with Crippen LogP contribution in [0.4, 0.5) is 0 Å². The van der Waals surface area contributed by atoms with Crippen LogP contribution in [0.2, 0.25) is 0 Å². The molecule has 0 saturated carbocycles. The molecule has 1 aliphatic heterocycles. The minimum absolute atomic E-state index is 0.178. The molecular formula is C16H18N8O2. The van der Waals surface area contributed by atoms with E-state index in [-0.39, 0.29) is 5.91 Å². The highest BCUT2D eigenvalue weighted by Crippen LogP contribution is 2.32. The second-order valence-corrected chi connectivity index (χ2v) is 6.43. The lowest BCUT2D eigenvalue weighted by Gasteiger charge is -2.37. The Morgan fingerprint density at radius 3 is 2.73 bits per heavy atom. The molecule has 10 nitrogen and oxygen atoms in total. The van der Waals surface area contributed by atoms with E-state index in [1.165, 1.54) is 17.2 Å². The first-order valence-electron chi connectivity index (χ1n) is 8.28. The number of nitrogens with one attached hydrogen (secondary N) is 1. The van der Waals surface area contributed by atoms with Crippen LogP contribution >= 0.6 is 0 Å². The zero-order valence-corrected chi connectivity index (χ0v) is 14.2. The van der Waals surface area contributed by atoms with Gasteiger partial charge in [0, 0.05) is 19.3 Å². The fourth-order valence-electron chi connectivity index (χ4n) is 3.12. The molecule has 1 amide bonds. The number of carbonyl (C=O) groups excluding carboxylic acids is 1. The second-order valence-electron chi connectivity index (χ2n) is 6.43. The smallest absolute Gasteiger partial charge is 0.259 e. The van der Waals surface area contributed by atoms with E-state index in [2.05, 4.69) is 30.7 Å². The number of aryl methyl sites for hydroxylation is 1. The summed E-state index contributed by atoms with van der Waals surface area (Å²) in [7, 11) is 0. The topological polar surface area (TPSA) is 126 Å². The lowest BCUT2D eigenvalue weighted by Crippen LogP contribution is -2.45. The SMILES string of the molecule is Cc1ccc(C2(O)CCN(C(=O)c3cn[nH]c3-n3cnnn3)CC2)nc1. The van der Waals surface area contributed by atoms with E-state index in [9.17, 15) is 9.90 Å². The van der Waals surface area contributed by atoms with Crippen LogP contribution < -0.4 is 0 Å². The predicted molar refractivity (Wildman–Crippen MR) is 89.3 cm³/mol. The van der Waals surface area contributed by atoms with Crippen molar-refractivity contribution in [1.29, 1.82) is 0 Å². The van der Waals surface area contributed by atoms with Crippen molar-refractivity contribution in [3.05, 3.63) is 47.7 Å². The summed E-state index contributed by atoms with van der Waals surface area (Å²) in [6.07, 6.45) is 5.44. The van der Waals surface area contributed by atoms with Gasteiger partial charge >= 0.3 is 0 Å². The van der Waals surface area contributed by atoms with Crippen molar-refractivity contribution in [1.82, 2.24) is 40.3 Å². The average molecular weight is 354 g/mol. The van der Waals surface area contributed by atoms with Crippen LogP contribution in [-0.4, -0.2) is 64.4 Å². The molecule has 0 aliphatic carbocycles. The molecule has 3 aromatic heterocycles. The predicted octanol–water partition coefficient (Wildman–Crippen LogP) is 0.213. The van der Waals surface area contributed by atoms with Crippen molar-refractivity contribution >= 4 is 5.91 Å². The Morgan fingerprint density at radius 1 is 1.27 bits per heavy atom. The standard InChI is InChI=1S/C16H18N8O2/c1-11-2-3-13(17-8-11)16(26)4-6-23(7-5-16)15(25)12-9-18-20-14(12)24-10-19-21-22-24/h2-3,8-10,26H,4-7H2,1H3,(H,18,20). The highest BCUT2D eigenvalue weighted by atomic mass is 16.3. The number of nitrogens with zero attached hydrogens (tertiary/aromatic N) is 7. The fourth-order valence-corrected chi connectivity index (χ4v) is 3.12. The summed E-state index contributed by atoms with van der Waals surface area (Å²) < 4.78 is 1.36. The molecule has 4 heterocycles. The number of rotatable bonds is 3. The van der Waals surface area contributed by atoms with Gasteiger partial charge in [0.05, 0.1) is 11.9 Å². The number of amides is 1. The summed E-state index contributed by atoms with van der Waals surface area (Å²) in [5.74, 6) is 0.240. The molecule has 26 heavy (non-hydrogen) atoms. The normalized spacial score (nSPS) is 16.6. The maximum atomic E-state index is 12.9. The average Bonchev–Trinajstić information content (AvgIpc) is 3.33. The Labute approximate surface area is 148 Å². The van der Waals surface area contributed by atoms with Crippen LogP contribution in [0.25, 0.3) is 5.82 Å². The van der Waals surface area contributed by atoms with Gasteiger partial charge in [0.1, 0.15) is 17.5 Å². The minimum atomic E-state index is -1.01. The summed E-state index contributed by atoms with van der Waals surface area (Å²) >= 11 is 0. The maximum Gasteiger partial charge on any atom is 0.259 e. The molecule has 1 aliphatic rings. The van der Waals surface area contributed by atoms with Crippen LogP contribution in [0.5, 0.6) is 0 Å². The summed E-state index contributed by atoms with van der Waals surface area (Å²) in [5.41, 5.74) is 1.06. The molecule has 10 heteroatoms. The van der Waals surface area contributed by atoms with Gasteiger partial charge in [-0.25, -0.2) is 0 Å². The third-order valence-electron chi connectivity index (χ3n) is 4.69. The number of carbonyl (C=O) groups is 1. The Balaban J connectivity index is 1.49. The highest BCUT2D eigenvalue weighted by molar-refractivity contribution is 5.97. The van der Waals surface area contributed by atoms with Crippen molar-refractivity contribution in [3.8, 4) is 5.82 Å². The number of hydrogen-bond acceptors (Lipinski definition) is 7. The quantitative estimate of drug-likeness (QED) is 0.688. The molecule has 0 radical (unpaired) electrons. The first-order chi connectivity index (χ1) is 12.6. The van der Waals surface area contributed by atoms with Crippen LogP contribution in [0.15, 0.2) is 30.9 Å². The van der Waals surface area contributed by atoms with Crippen molar-refractivity contribution in [3.63, 3.8) is 0 Å². The van der Waals surface area contributed by atoms with Gasteiger partial charge in [0.15, 0.2) is 5.82 Å². The Hall–Kier alpha value is -3.14. The number of tetrazole rings is 1. The summed E-state index contributed by atoms with van der Waals surface area (Å²) in [5, 5.41) is 28.5. The molecule has 134 valence electrons. The van der Waals surface area contributed by atoms with Crippen LogP contribution in [0.1, 0.15) is 34.5 Å². The van der Waals surface area contributed by atoms with Crippen LogP contribution in [0.3, 0.4) is 0 Å². The van der Waals surface area contributed by atoms with E-state index in [0.717, 1.165) is 5.56 Å². The molecule has 1 saturated heterocycles. The molecule has 4 rings (SSSR count). The van der Waals surface area contributed by atoms with Crippen molar-refractivity contribution in [2.75, 3.05) is 13.1 Å². The number of H-pyrrole nitrogens is 1. The van der Waals surface area contributed by atoms with Crippen molar-refractivity contribution < 1.29 is 9.90 Å². The Kier molecular flexibility index (Phi) is 3.96. The minimum Gasteiger partial charge on any atom is -0.383 e. The number of aromatic amines is 1. The van der Waals surface area contributed by atoms with E-state index < -0.39 is 5.60 Å². The van der Waals surface area contributed by atoms with Crippen molar-refractivity contribution in [2.45, 2.75) is 25.4 Å². The monoisotopic (exact) mass is 354 g/mol. The van der Waals surface area contributed by atoms with Gasteiger partial charge in [-0.15, -0.1) is 5.10 Å². The molecule has 3 aromatic rings. The second kappa shape index (κ2) is 6.30. The number of likely N-dealkylation sites (tertiary alicyclic amines) is 1. The van der Waals surface area contributed by atoms with Crippen LogP contribution in [0, 0.1) is 6.92 Å². The Bertz CT molecular complexity index is 895. The highest BCUT2D eigenvalue weighted by Gasteiger charge is 2.37. The Morgan fingerprint density at radius 2 is 2.08 bits per heavy atom.